The predicted octanol–water partition coefficient (Wildman–Crippen LogP) is 3.55. The lowest BCUT2D eigenvalue weighted by molar-refractivity contribution is 0.103. The van der Waals surface area contributed by atoms with Crippen molar-refractivity contribution >= 4 is 19.7 Å². The van der Waals surface area contributed by atoms with Crippen molar-refractivity contribution in [2.24, 2.45) is 0 Å². The van der Waals surface area contributed by atoms with E-state index in [1.54, 1.807) is 0 Å². The molecule has 2 aromatic rings. The van der Waals surface area contributed by atoms with E-state index in [9.17, 15) is 4.79 Å². The van der Waals surface area contributed by atoms with Crippen LogP contribution in [-0.4, -0.2) is 24.7 Å². The molecule has 2 nitrogen and oxygen atoms in total. The molecule has 2 atom stereocenters. The first-order chi connectivity index (χ1) is 10.6. The molecule has 0 spiro atoms. The molecule has 0 N–H and O–H groups in total. The van der Waals surface area contributed by atoms with Crippen LogP contribution in [0.3, 0.4) is 0 Å². The van der Waals surface area contributed by atoms with Crippen LogP contribution in [0.4, 0.5) is 0 Å². The van der Waals surface area contributed by atoms with E-state index in [2.05, 4.69) is 19.9 Å². The average molecular weight is 312 g/mol. The molecule has 1 aliphatic heterocycles. The number of ketones is 1. The fraction of sp³-hybridized carbons (Fsp3) is 0.316. The number of hydrogen-bond acceptors (Lipinski definition) is 2. The minimum atomic E-state index is 0.139. The predicted molar refractivity (Wildman–Crippen MR) is 93.1 cm³/mol. The Morgan fingerprint density at radius 2 is 1.82 bits per heavy atom. The second-order valence-corrected chi connectivity index (χ2v) is 7.19. The lowest BCUT2D eigenvalue weighted by Gasteiger charge is -2.13. The van der Waals surface area contributed by atoms with Crippen LogP contribution in [0.1, 0.15) is 32.6 Å². The molecule has 0 saturated carbocycles. The Kier molecular flexibility index (Phi) is 4.42. The quantitative estimate of drug-likeness (QED) is 0.480. The van der Waals surface area contributed by atoms with Crippen molar-refractivity contribution < 1.29 is 9.53 Å². The number of hydrogen-bond donors (Lipinski definition) is 0. The van der Waals surface area contributed by atoms with Crippen molar-refractivity contribution in [2.45, 2.75) is 26.9 Å². The van der Waals surface area contributed by atoms with E-state index in [0.717, 1.165) is 34.8 Å². The number of carbonyl (C=O) groups excluding carboxylic acids is 1. The van der Waals surface area contributed by atoms with E-state index < -0.39 is 0 Å². The molecular weight excluding hydrogens is 291 g/mol. The van der Waals surface area contributed by atoms with Crippen molar-refractivity contribution in [1.82, 2.24) is 0 Å². The van der Waals surface area contributed by atoms with Crippen LogP contribution in [0, 0.1) is 20.8 Å². The second kappa shape index (κ2) is 6.32. The molecule has 0 amide bonds. The average Bonchev–Trinajstić information content (AvgIpc) is 3.35. The van der Waals surface area contributed by atoms with Gasteiger partial charge in [-0.25, -0.2) is 0 Å². The van der Waals surface area contributed by atoms with Crippen molar-refractivity contribution in [3.63, 3.8) is 0 Å². The summed E-state index contributed by atoms with van der Waals surface area (Å²) in [5.74, 6) is 0.139. The minimum absolute atomic E-state index is 0.139. The summed E-state index contributed by atoms with van der Waals surface area (Å²) < 4.78 is 5.29. The van der Waals surface area contributed by atoms with Gasteiger partial charge in [0.25, 0.3) is 0 Å². The molecule has 0 aromatic heterocycles. The molecule has 0 radical (unpaired) electrons. The molecule has 1 saturated heterocycles. The normalized spacial score (nSPS) is 17.1. The Bertz CT molecular complexity index is 717. The number of benzene rings is 2. The molecule has 3 rings (SSSR count). The lowest BCUT2D eigenvalue weighted by atomic mass is 9.93. The standard InChI is InChI=1S/C19H21O2P/c1-12-8-9-16(14(3)13(12)2)19(20)17-6-4-5-7-18(17)22-11-15-10-21-15/h4-9,15,22H,10-11H2,1-3H3. The maximum atomic E-state index is 13.0. The second-order valence-electron chi connectivity index (χ2n) is 5.89. The third kappa shape index (κ3) is 3.14. The van der Waals surface area contributed by atoms with Crippen LogP contribution in [0.15, 0.2) is 36.4 Å². The zero-order valence-electron chi connectivity index (χ0n) is 13.3. The Hall–Kier alpha value is -1.50. The highest BCUT2D eigenvalue weighted by Gasteiger charge is 2.23. The fourth-order valence-electron chi connectivity index (χ4n) is 2.59. The highest BCUT2D eigenvalue weighted by atomic mass is 31.1. The van der Waals surface area contributed by atoms with Gasteiger partial charge in [0.2, 0.25) is 0 Å². The maximum absolute atomic E-state index is 13.0. The van der Waals surface area contributed by atoms with Gasteiger partial charge in [-0.15, -0.1) is 0 Å². The monoisotopic (exact) mass is 312 g/mol. The molecule has 2 aromatic carbocycles. The summed E-state index contributed by atoms with van der Waals surface area (Å²) in [7, 11) is 0.630. The number of epoxide rings is 1. The molecule has 1 aliphatic rings. The SMILES string of the molecule is Cc1ccc(C(=O)c2ccccc2PCC2CO2)c(C)c1C. The Morgan fingerprint density at radius 3 is 2.55 bits per heavy atom. The number of aryl methyl sites for hydroxylation is 1. The van der Waals surface area contributed by atoms with Crippen LogP contribution < -0.4 is 5.30 Å². The summed E-state index contributed by atoms with van der Waals surface area (Å²) in [4.78, 5) is 13.0. The van der Waals surface area contributed by atoms with Gasteiger partial charge in [-0.1, -0.05) is 45.0 Å². The molecule has 0 bridgehead atoms. The number of ether oxygens (including phenoxy) is 1. The lowest BCUT2D eigenvalue weighted by Crippen LogP contribution is -2.15. The van der Waals surface area contributed by atoms with Crippen LogP contribution in [0.2, 0.25) is 0 Å². The third-order valence-corrected chi connectivity index (χ3v) is 5.87. The molecule has 0 aliphatic carbocycles. The minimum Gasteiger partial charge on any atom is -0.373 e. The molecule has 1 fully saturated rings. The van der Waals surface area contributed by atoms with E-state index >= 15 is 0 Å². The fourth-order valence-corrected chi connectivity index (χ4v) is 3.88. The van der Waals surface area contributed by atoms with Gasteiger partial charge in [-0.3, -0.25) is 4.79 Å². The summed E-state index contributed by atoms with van der Waals surface area (Å²) >= 11 is 0. The van der Waals surface area contributed by atoms with Gasteiger partial charge >= 0.3 is 0 Å². The zero-order chi connectivity index (χ0) is 15.7. The van der Waals surface area contributed by atoms with Gasteiger partial charge in [0, 0.05) is 11.1 Å². The topological polar surface area (TPSA) is 29.6 Å². The summed E-state index contributed by atoms with van der Waals surface area (Å²) in [6.45, 7) is 7.08. The zero-order valence-corrected chi connectivity index (χ0v) is 14.3. The Labute approximate surface area is 133 Å². The third-order valence-electron chi connectivity index (χ3n) is 4.40. The Balaban J connectivity index is 1.93. The smallest absolute Gasteiger partial charge is 0.193 e. The van der Waals surface area contributed by atoms with Gasteiger partial charge in [0.15, 0.2) is 5.78 Å². The highest BCUT2D eigenvalue weighted by molar-refractivity contribution is 7.47. The van der Waals surface area contributed by atoms with E-state index in [1.807, 2.05) is 37.3 Å². The largest absolute Gasteiger partial charge is 0.373 e. The maximum Gasteiger partial charge on any atom is 0.193 e. The highest BCUT2D eigenvalue weighted by Crippen LogP contribution is 2.25. The van der Waals surface area contributed by atoms with Gasteiger partial charge in [-0.05, 0) is 48.9 Å². The van der Waals surface area contributed by atoms with E-state index in [4.69, 9.17) is 4.74 Å². The molecule has 22 heavy (non-hydrogen) atoms. The van der Waals surface area contributed by atoms with E-state index in [0.29, 0.717) is 14.7 Å². The van der Waals surface area contributed by atoms with Crippen molar-refractivity contribution in [1.29, 1.82) is 0 Å². The molecule has 2 unspecified atom stereocenters. The van der Waals surface area contributed by atoms with Crippen molar-refractivity contribution in [3.05, 3.63) is 64.2 Å². The number of carbonyl (C=O) groups is 1. The van der Waals surface area contributed by atoms with Crippen molar-refractivity contribution in [2.75, 3.05) is 12.8 Å². The molecule has 114 valence electrons. The molecule has 1 heterocycles. The van der Waals surface area contributed by atoms with Gasteiger partial charge in [0.05, 0.1) is 12.7 Å². The Morgan fingerprint density at radius 1 is 1.09 bits per heavy atom. The van der Waals surface area contributed by atoms with Crippen LogP contribution in [0.5, 0.6) is 0 Å². The number of rotatable bonds is 5. The van der Waals surface area contributed by atoms with Crippen LogP contribution in [0.25, 0.3) is 0 Å². The van der Waals surface area contributed by atoms with Gasteiger partial charge in [0.1, 0.15) is 0 Å². The first-order valence-corrected chi connectivity index (χ1v) is 8.84. The van der Waals surface area contributed by atoms with E-state index in [1.165, 1.54) is 11.1 Å². The van der Waals surface area contributed by atoms with Gasteiger partial charge < -0.3 is 4.74 Å². The van der Waals surface area contributed by atoms with Crippen molar-refractivity contribution in [3.8, 4) is 0 Å². The summed E-state index contributed by atoms with van der Waals surface area (Å²) in [6.07, 6.45) is 1.43. The summed E-state index contributed by atoms with van der Waals surface area (Å²) in [6, 6.07) is 12.0. The summed E-state index contributed by atoms with van der Waals surface area (Å²) in [5.41, 5.74) is 5.19. The van der Waals surface area contributed by atoms with E-state index in [-0.39, 0.29) is 5.78 Å². The molecule has 3 heteroatoms. The van der Waals surface area contributed by atoms with Crippen LogP contribution in [-0.2, 0) is 4.74 Å². The first kappa shape index (κ1) is 15.4. The van der Waals surface area contributed by atoms with Crippen LogP contribution >= 0.6 is 8.58 Å². The first-order valence-electron chi connectivity index (χ1n) is 7.64. The van der Waals surface area contributed by atoms with Gasteiger partial charge in [-0.2, -0.15) is 0 Å². The summed E-state index contributed by atoms with van der Waals surface area (Å²) in [5, 5.41) is 1.15. The molecular formula is C19H21O2P.